The quantitative estimate of drug-likeness (QED) is 0.370. The van der Waals surface area contributed by atoms with Crippen LogP contribution < -0.4 is 4.90 Å². The summed E-state index contributed by atoms with van der Waals surface area (Å²) in [6, 6.07) is 5.40. The topological polar surface area (TPSA) is 102 Å². The van der Waals surface area contributed by atoms with Crippen LogP contribution >= 0.6 is 0 Å². The minimum atomic E-state index is -0.375. The molecule has 3 amide bonds. The van der Waals surface area contributed by atoms with Crippen molar-refractivity contribution in [3.05, 3.63) is 46.0 Å². The summed E-state index contributed by atoms with van der Waals surface area (Å²) in [5, 5.41) is 4.50. The lowest BCUT2D eigenvalue weighted by atomic mass is 10.0. The fourth-order valence-corrected chi connectivity index (χ4v) is 3.14. The molecule has 1 aliphatic heterocycles. The summed E-state index contributed by atoms with van der Waals surface area (Å²) in [6.07, 6.45) is 4.19. The van der Waals surface area contributed by atoms with Crippen molar-refractivity contribution >= 4 is 28.5 Å². The molecule has 2 heterocycles. The smallest absolute Gasteiger partial charge is 0.282 e. The molecular weight excluding hydrogens is 320 g/mol. The average molecular weight is 336 g/mol. The number of likely N-dealkylation sites (N-methyl/N-ethyl adjacent to an activating group) is 1. The highest BCUT2D eigenvalue weighted by Crippen LogP contribution is 2.41. The van der Waals surface area contributed by atoms with E-state index in [9.17, 15) is 9.59 Å². The lowest BCUT2D eigenvalue weighted by Gasteiger charge is -2.18. The van der Waals surface area contributed by atoms with E-state index in [1.807, 2.05) is 12.3 Å². The second-order valence-electron chi connectivity index (χ2n) is 6.44. The van der Waals surface area contributed by atoms with E-state index in [1.165, 1.54) is 30.4 Å². The first-order valence-electron chi connectivity index (χ1n) is 8.10. The highest BCUT2D eigenvalue weighted by atomic mass is 16.2. The molecule has 8 heteroatoms. The number of carbonyl (C=O) groups is 2. The maximum atomic E-state index is 12.4. The van der Waals surface area contributed by atoms with Gasteiger partial charge in [0.05, 0.1) is 17.7 Å². The first-order chi connectivity index (χ1) is 12.1. The van der Waals surface area contributed by atoms with E-state index in [1.54, 1.807) is 6.07 Å². The zero-order valence-corrected chi connectivity index (χ0v) is 13.7. The number of anilines is 1. The summed E-state index contributed by atoms with van der Waals surface area (Å²) in [5.74, 6) is 0.301. The second-order valence-corrected chi connectivity index (χ2v) is 6.44. The molecule has 8 nitrogen and oxygen atoms in total. The van der Waals surface area contributed by atoms with Gasteiger partial charge < -0.3 is 0 Å². The number of imide groups is 1. The fraction of sp³-hybridized carbons (Fsp3) is 0.353. The minimum Gasteiger partial charge on any atom is -0.282 e. The van der Waals surface area contributed by atoms with Gasteiger partial charge in [0.2, 0.25) is 5.91 Å². The van der Waals surface area contributed by atoms with E-state index in [0.29, 0.717) is 17.1 Å². The second kappa shape index (κ2) is 5.75. The number of carbonyl (C=O) groups excluding carboxylic acids is 2. The van der Waals surface area contributed by atoms with Crippen molar-refractivity contribution in [2.45, 2.75) is 25.3 Å². The summed E-state index contributed by atoms with van der Waals surface area (Å²) in [4.78, 5) is 34.2. The number of hydrogen-bond donors (Lipinski definition) is 0. The molecule has 1 aromatic heterocycles. The van der Waals surface area contributed by atoms with Crippen LogP contribution in [0, 0.1) is 0 Å². The van der Waals surface area contributed by atoms with Crippen molar-refractivity contribution in [2.24, 2.45) is 5.11 Å². The van der Waals surface area contributed by atoms with Gasteiger partial charge in [-0.1, -0.05) is 5.11 Å². The van der Waals surface area contributed by atoms with E-state index < -0.39 is 0 Å². The molecule has 0 atom stereocenters. The summed E-state index contributed by atoms with van der Waals surface area (Å²) in [7, 11) is 1.47. The number of rotatable bonds is 4. The number of urea groups is 1. The third kappa shape index (κ3) is 2.66. The van der Waals surface area contributed by atoms with Crippen molar-refractivity contribution in [1.82, 2.24) is 9.88 Å². The van der Waals surface area contributed by atoms with Gasteiger partial charge in [0, 0.05) is 23.5 Å². The molecule has 0 bridgehead atoms. The van der Waals surface area contributed by atoms with E-state index >= 15 is 0 Å². The number of hydrogen-bond acceptors (Lipinski definition) is 4. The Balaban J connectivity index is 1.87. The van der Waals surface area contributed by atoms with Crippen LogP contribution in [-0.4, -0.2) is 35.4 Å². The lowest BCUT2D eigenvalue weighted by molar-refractivity contribution is -0.123. The Hall–Kier alpha value is -3.12. The third-order valence-corrected chi connectivity index (χ3v) is 4.69. The van der Waals surface area contributed by atoms with E-state index in [0.717, 1.165) is 15.8 Å². The predicted molar refractivity (Wildman–Crippen MR) is 92.1 cm³/mol. The van der Waals surface area contributed by atoms with Crippen LogP contribution in [0.25, 0.3) is 21.3 Å². The summed E-state index contributed by atoms with van der Waals surface area (Å²) in [5.41, 5.74) is 11.8. The van der Waals surface area contributed by atoms with Crippen LogP contribution in [0.4, 0.5) is 10.5 Å². The maximum Gasteiger partial charge on any atom is 0.331 e. The molecule has 2 aromatic rings. The van der Waals surface area contributed by atoms with Crippen molar-refractivity contribution in [3.8, 4) is 0 Å². The first-order valence-corrected chi connectivity index (χ1v) is 8.10. The van der Waals surface area contributed by atoms with Gasteiger partial charge in [-0.2, -0.15) is 0 Å². The molecule has 2 aliphatic rings. The Bertz CT molecular complexity index is 946. The van der Waals surface area contributed by atoms with Crippen LogP contribution in [0.2, 0.25) is 0 Å². The van der Waals surface area contributed by atoms with E-state index in [2.05, 4.69) is 21.1 Å². The summed E-state index contributed by atoms with van der Waals surface area (Å²) in [6.45, 7) is 0.167. The number of azide groups is 1. The molecule has 126 valence electrons. The molecule has 0 N–H and O–H groups in total. The van der Waals surface area contributed by atoms with Gasteiger partial charge in [-0.3, -0.25) is 19.6 Å². The molecule has 4 rings (SSSR count). The number of aromatic nitrogens is 1. The van der Waals surface area contributed by atoms with Crippen LogP contribution in [0.1, 0.15) is 29.9 Å². The largest absolute Gasteiger partial charge is 0.331 e. The van der Waals surface area contributed by atoms with Gasteiger partial charge in [-0.15, -0.1) is 0 Å². The van der Waals surface area contributed by atoms with Gasteiger partial charge in [-0.25, -0.2) is 4.79 Å². The van der Waals surface area contributed by atoms with Gasteiger partial charge in [0.25, 0.3) is 0 Å². The maximum absolute atomic E-state index is 12.4. The zero-order chi connectivity index (χ0) is 17.6. The van der Waals surface area contributed by atoms with Gasteiger partial charge in [0.15, 0.2) is 0 Å². The first kappa shape index (κ1) is 15.4. The molecule has 1 aliphatic carbocycles. The number of benzene rings is 1. The monoisotopic (exact) mass is 336 g/mol. The van der Waals surface area contributed by atoms with Crippen LogP contribution in [0.5, 0.6) is 0 Å². The molecule has 25 heavy (non-hydrogen) atoms. The molecular formula is C17H16N6O2. The van der Waals surface area contributed by atoms with Gasteiger partial charge in [0.1, 0.15) is 6.54 Å². The highest BCUT2D eigenvalue weighted by molar-refractivity contribution is 6.14. The normalized spacial score (nSPS) is 17.3. The number of pyridine rings is 1. The van der Waals surface area contributed by atoms with Crippen molar-refractivity contribution < 1.29 is 9.59 Å². The fourth-order valence-electron chi connectivity index (χ4n) is 3.14. The summed E-state index contributed by atoms with van der Waals surface area (Å²) < 4.78 is 0. The molecule has 0 spiro atoms. The molecule has 0 radical (unpaired) electrons. The molecule has 1 saturated heterocycles. The minimum absolute atomic E-state index is 0.0124. The van der Waals surface area contributed by atoms with Crippen molar-refractivity contribution in [2.75, 3.05) is 18.5 Å². The lowest BCUT2D eigenvalue weighted by Crippen LogP contribution is -2.30. The Morgan fingerprint density at radius 1 is 1.32 bits per heavy atom. The van der Waals surface area contributed by atoms with Crippen molar-refractivity contribution in [3.63, 3.8) is 0 Å². The van der Waals surface area contributed by atoms with E-state index in [4.69, 9.17) is 5.53 Å². The van der Waals surface area contributed by atoms with Crippen LogP contribution in [0.3, 0.4) is 0 Å². The predicted octanol–water partition coefficient (Wildman–Crippen LogP) is 3.32. The Morgan fingerprint density at radius 2 is 2.12 bits per heavy atom. The molecule has 1 saturated carbocycles. The summed E-state index contributed by atoms with van der Waals surface area (Å²) >= 11 is 0. The zero-order valence-electron chi connectivity index (χ0n) is 13.7. The van der Waals surface area contributed by atoms with Crippen molar-refractivity contribution in [1.29, 1.82) is 0 Å². The Labute approximate surface area is 143 Å². The standard InChI is InChI=1S/C17H16N6O2/c1-22-15(24)9-23(17(22)25)14-5-10(7-20-21-18)4-12-6-13(11-2-3-11)8-19-16(12)14/h4-6,8,11H,2-3,7,9H2,1H3. The van der Waals surface area contributed by atoms with Gasteiger partial charge >= 0.3 is 6.03 Å². The third-order valence-electron chi connectivity index (χ3n) is 4.69. The van der Waals surface area contributed by atoms with E-state index in [-0.39, 0.29) is 25.0 Å². The highest BCUT2D eigenvalue weighted by Gasteiger charge is 2.35. The number of amides is 3. The van der Waals surface area contributed by atoms with Crippen LogP contribution in [0.15, 0.2) is 29.5 Å². The average Bonchev–Trinajstić information content (AvgIpc) is 3.43. The molecule has 2 fully saturated rings. The number of fused-ring (bicyclic) bond motifs is 1. The molecule has 0 unspecified atom stereocenters. The Kier molecular flexibility index (Phi) is 3.54. The SMILES string of the molecule is CN1C(=O)CN(c2cc(CN=[N+]=[N-])cc3cc(C4CC4)cnc23)C1=O. The van der Waals surface area contributed by atoms with Crippen LogP contribution in [-0.2, 0) is 11.3 Å². The Morgan fingerprint density at radius 3 is 2.76 bits per heavy atom. The van der Waals surface area contributed by atoms with Gasteiger partial charge in [-0.05, 0) is 53.6 Å². The molecule has 1 aromatic carbocycles. The number of nitrogens with zero attached hydrogens (tertiary/aromatic N) is 6.